The number of aliphatic imine (C=N–C) groups is 1. The Balaban J connectivity index is 0.00000108. The molecule has 17 heavy (non-hydrogen) atoms. The van der Waals surface area contributed by atoms with Crippen LogP contribution >= 0.6 is 0 Å². The highest BCUT2D eigenvalue weighted by Crippen LogP contribution is 2.22. The maximum absolute atomic E-state index is 4.31. The molecule has 0 aliphatic carbocycles. The molecule has 5 nitrogen and oxygen atoms in total. The number of nitrogens with one attached hydrogen (secondary N) is 3. The van der Waals surface area contributed by atoms with Crippen LogP contribution in [0.25, 0.3) is 11.0 Å². The molecule has 1 aromatic heterocycles. The molecule has 3 N–H and O–H groups in total. The first kappa shape index (κ1) is 11.4. The lowest BCUT2D eigenvalue weighted by Crippen LogP contribution is -2.26. The second-order valence-corrected chi connectivity index (χ2v) is 3.82. The Hall–Kier alpha value is -2.04. The highest BCUT2D eigenvalue weighted by atomic mass is 15.2. The van der Waals surface area contributed by atoms with Crippen molar-refractivity contribution in [3.8, 4) is 0 Å². The fourth-order valence-electron chi connectivity index (χ4n) is 1.89. The van der Waals surface area contributed by atoms with Gasteiger partial charge in [0.15, 0.2) is 5.96 Å². The first-order valence-electron chi connectivity index (χ1n) is 5.32. The zero-order chi connectivity index (χ0) is 11.0. The standard InChI is InChI=1S/C11H13N5.CH4/c1-7-8(16-11-12-4-5-13-11)2-3-9-10(7)15-6-14-9;/h2-3,6H,4-5H2,1H3,(H,14,15)(H2,12,13,16);1H4. The van der Waals surface area contributed by atoms with Crippen molar-refractivity contribution in [3.63, 3.8) is 0 Å². The minimum absolute atomic E-state index is 0. The van der Waals surface area contributed by atoms with Crippen LogP contribution in [0.4, 0.5) is 5.69 Å². The van der Waals surface area contributed by atoms with Gasteiger partial charge in [-0.15, -0.1) is 0 Å². The first-order chi connectivity index (χ1) is 7.84. The van der Waals surface area contributed by atoms with Crippen LogP contribution in [0, 0.1) is 6.92 Å². The summed E-state index contributed by atoms with van der Waals surface area (Å²) in [5.74, 6) is 0.845. The van der Waals surface area contributed by atoms with E-state index in [0.29, 0.717) is 0 Å². The van der Waals surface area contributed by atoms with E-state index in [9.17, 15) is 0 Å². The zero-order valence-electron chi connectivity index (χ0n) is 9.04. The maximum atomic E-state index is 4.31. The number of nitrogens with zero attached hydrogens (tertiary/aromatic N) is 2. The molecule has 5 heteroatoms. The van der Waals surface area contributed by atoms with Gasteiger partial charge >= 0.3 is 0 Å². The van der Waals surface area contributed by atoms with Crippen LogP contribution in [-0.4, -0.2) is 29.0 Å². The van der Waals surface area contributed by atoms with Crippen molar-refractivity contribution < 1.29 is 0 Å². The van der Waals surface area contributed by atoms with Crippen LogP contribution in [0.2, 0.25) is 0 Å². The van der Waals surface area contributed by atoms with Crippen LogP contribution in [0.3, 0.4) is 0 Å². The van der Waals surface area contributed by atoms with E-state index in [1.807, 2.05) is 12.1 Å². The van der Waals surface area contributed by atoms with Gasteiger partial charge in [-0.2, -0.15) is 0 Å². The molecule has 0 saturated carbocycles. The van der Waals surface area contributed by atoms with E-state index in [0.717, 1.165) is 41.3 Å². The molecule has 1 aromatic carbocycles. The lowest BCUT2D eigenvalue weighted by Gasteiger charge is -2.09. The summed E-state index contributed by atoms with van der Waals surface area (Å²) in [5.41, 5.74) is 4.25. The van der Waals surface area contributed by atoms with E-state index in [-0.39, 0.29) is 7.43 Å². The van der Waals surface area contributed by atoms with Gasteiger partial charge in [0.2, 0.25) is 0 Å². The molecule has 0 radical (unpaired) electrons. The zero-order valence-corrected chi connectivity index (χ0v) is 9.04. The molecular weight excluding hydrogens is 214 g/mol. The monoisotopic (exact) mass is 231 g/mol. The molecule has 0 unspecified atom stereocenters. The summed E-state index contributed by atoms with van der Waals surface area (Å²) in [6.45, 7) is 3.80. The van der Waals surface area contributed by atoms with Crippen molar-refractivity contribution in [1.82, 2.24) is 15.3 Å². The number of H-pyrrole nitrogens is 1. The van der Waals surface area contributed by atoms with Gasteiger partial charge in [-0.1, -0.05) is 7.43 Å². The number of aryl methyl sites for hydroxylation is 1. The third kappa shape index (κ3) is 1.95. The van der Waals surface area contributed by atoms with E-state index in [4.69, 9.17) is 0 Å². The molecule has 0 bridgehead atoms. The average molecular weight is 231 g/mol. The van der Waals surface area contributed by atoms with Crippen molar-refractivity contribution in [2.75, 3.05) is 18.4 Å². The highest BCUT2D eigenvalue weighted by Gasteiger charge is 2.09. The number of fused-ring (bicyclic) bond motifs is 1. The summed E-state index contributed by atoms with van der Waals surface area (Å²) in [5, 5.41) is 6.46. The number of hydrogen-bond donors (Lipinski definition) is 3. The predicted octanol–water partition coefficient (Wildman–Crippen LogP) is 1.88. The second kappa shape index (κ2) is 4.45. The quantitative estimate of drug-likeness (QED) is 0.702. The molecule has 2 aromatic rings. The van der Waals surface area contributed by atoms with Crippen LogP contribution in [0.5, 0.6) is 0 Å². The molecule has 0 spiro atoms. The Kier molecular flexibility index (Phi) is 2.99. The summed E-state index contributed by atoms with van der Waals surface area (Å²) < 4.78 is 0. The summed E-state index contributed by atoms with van der Waals surface area (Å²) in [4.78, 5) is 11.7. The number of anilines is 1. The van der Waals surface area contributed by atoms with Gasteiger partial charge in [-0.05, 0) is 19.1 Å². The predicted molar refractivity (Wildman–Crippen MR) is 71.5 cm³/mol. The highest BCUT2D eigenvalue weighted by molar-refractivity contribution is 5.97. The third-order valence-corrected chi connectivity index (χ3v) is 2.77. The molecule has 0 fully saturated rings. The summed E-state index contributed by atoms with van der Waals surface area (Å²) >= 11 is 0. The fourth-order valence-corrected chi connectivity index (χ4v) is 1.89. The van der Waals surface area contributed by atoms with Gasteiger partial charge in [-0.25, -0.2) is 4.98 Å². The maximum Gasteiger partial charge on any atom is 0.195 e. The molecular formula is C12H17N5. The number of hydrogen-bond acceptors (Lipinski definition) is 4. The van der Waals surface area contributed by atoms with Gasteiger partial charge in [-0.3, -0.25) is 4.99 Å². The van der Waals surface area contributed by atoms with E-state index >= 15 is 0 Å². The lowest BCUT2D eigenvalue weighted by molar-refractivity contribution is 0.959. The molecule has 3 rings (SSSR count). The Labute approximate surface area is 100 Å². The van der Waals surface area contributed by atoms with Crippen LogP contribution < -0.4 is 10.6 Å². The Morgan fingerprint density at radius 3 is 3.00 bits per heavy atom. The average Bonchev–Trinajstić information content (AvgIpc) is 2.93. The van der Waals surface area contributed by atoms with Crippen LogP contribution in [0.1, 0.15) is 13.0 Å². The van der Waals surface area contributed by atoms with E-state index in [1.54, 1.807) is 6.33 Å². The van der Waals surface area contributed by atoms with Crippen molar-refractivity contribution in [2.24, 2.45) is 4.99 Å². The van der Waals surface area contributed by atoms with E-state index in [2.05, 4.69) is 32.5 Å². The molecule has 1 aliphatic rings. The third-order valence-electron chi connectivity index (χ3n) is 2.77. The van der Waals surface area contributed by atoms with Crippen molar-refractivity contribution in [1.29, 1.82) is 0 Å². The Morgan fingerprint density at radius 1 is 1.35 bits per heavy atom. The van der Waals surface area contributed by atoms with Crippen molar-refractivity contribution in [2.45, 2.75) is 14.4 Å². The molecule has 0 atom stereocenters. The topological polar surface area (TPSA) is 65.1 Å². The summed E-state index contributed by atoms with van der Waals surface area (Å²) in [7, 11) is 0. The van der Waals surface area contributed by atoms with E-state index in [1.165, 1.54) is 0 Å². The van der Waals surface area contributed by atoms with Crippen molar-refractivity contribution in [3.05, 3.63) is 24.0 Å². The molecule has 0 saturated heterocycles. The lowest BCUT2D eigenvalue weighted by atomic mass is 10.1. The van der Waals surface area contributed by atoms with Crippen molar-refractivity contribution >= 4 is 22.7 Å². The second-order valence-electron chi connectivity index (χ2n) is 3.82. The van der Waals surface area contributed by atoms with Gasteiger partial charge in [0.1, 0.15) is 0 Å². The van der Waals surface area contributed by atoms with Gasteiger partial charge in [0, 0.05) is 17.8 Å². The van der Waals surface area contributed by atoms with Gasteiger partial charge in [0.05, 0.1) is 23.9 Å². The van der Waals surface area contributed by atoms with Crippen LogP contribution in [-0.2, 0) is 0 Å². The minimum atomic E-state index is 0. The molecule has 1 aliphatic heterocycles. The molecule has 90 valence electrons. The van der Waals surface area contributed by atoms with Crippen LogP contribution in [0.15, 0.2) is 23.5 Å². The number of imidazole rings is 1. The van der Waals surface area contributed by atoms with Gasteiger partial charge in [0.25, 0.3) is 0 Å². The first-order valence-corrected chi connectivity index (χ1v) is 5.32. The molecule has 2 heterocycles. The molecule has 0 amide bonds. The fraction of sp³-hybridized carbons (Fsp3) is 0.333. The van der Waals surface area contributed by atoms with E-state index < -0.39 is 0 Å². The SMILES string of the molecule is C.Cc1c(NC2=NCCN2)ccc2[nH]cnc12. The summed E-state index contributed by atoms with van der Waals surface area (Å²) in [6.07, 6.45) is 1.72. The normalized spacial score (nSPS) is 14.1. The Morgan fingerprint density at radius 2 is 2.24 bits per heavy atom. The number of rotatable bonds is 1. The minimum Gasteiger partial charge on any atom is -0.354 e. The number of benzene rings is 1. The number of guanidine groups is 1. The number of aromatic amines is 1. The number of aromatic nitrogens is 2. The smallest absolute Gasteiger partial charge is 0.195 e. The Bertz CT molecular complexity index is 555. The largest absolute Gasteiger partial charge is 0.354 e. The summed E-state index contributed by atoms with van der Waals surface area (Å²) in [6, 6.07) is 4.06. The van der Waals surface area contributed by atoms with Gasteiger partial charge < -0.3 is 15.6 Å².